The van der Waals surface area contributed by atoms with E-state index in [-0.39, 0.29) is 5.56 Å². The summed E-state index contributed by atoms with van der Waals surface area (Å²) in [7, 11) is 0. The fourth-order valence-electron chi connectivity index (χ4n) is 1.84. The van der Waals surface area contributed by atoms with Crippen molar-refractivity contribution in [2.75, 3.05) is 26.2 Å². The fourth-order valence-corrected chi connectivity index (χ4v) is 1.84. The van der Waals surface area contributed by atoms with Gasteiger partial charge in [0.2, 0.25) is 0 Å². The third kappa shape index (κ3) is 2.96. The lowest BCUT2D eigenvalue weighted by Gasteiger charge is -2.27. The van der Waals surface area contributed by atoms with Crippen LogP contribution in [0.2, 0.25) is 0 Å². The van der Waals surface area contributed by atoms with E-state index in [9.17, 15) is 8.78 Å². The Hall–Kier alpha value is -1.07. The number of alkyl halides is 2. The Morgan fingerprint density at radius 3 is 2.75 bits per heavy atom. The number of aromatic nitrogens is 1. The number of rotatable bonds is 3. The molecular formula is C11H15F2N3. The molecule has 0 atom stereocenters. The summed E-state index contributed by atoms with van der Waals surface area (Å²) in [5.74, 6) is 0. The Bertz CT molecular complexity index is 338. The second-order valence-electron chi connectivity index (χ2n) is 3.95. The second kappa shape index (κ2) is 5.32. The van der Waals surface area contributed by atoms with Crippen molar-refractivity contribution >= 4 is 0 Å². The fraction of sp³-hybridized carbons (Fsp3) is 0.545. The maximum Gasteiger partial charge on any atom is 0.265 e. The molecule has 1 fully saturated rings. The summed E-state index contributed by atoms with van der Waals surface area (Å²) in [5, 5.41) is 3.25. The molecule has 1 N–H and O–H groups in total. The summed E-state index contributed by atoms with van der Waals surface area (Å²) in [4.78, 5) is 6.09. The molecule has 0 aromatic carbocycles. The number of nitrogens with one attached hydrogen (secondary N) is 1. The van der Waals surface area contributed by atoms with Gasteiger partial charge in [-0.25, -0.2) is 8.78 Å². The summed E-state index contributed by atoms with van der Waals surface area (Å²) in [6, 6.07) is 1.54. The Morgan fingerprint density at radius 2 is 2.06 bits per heavy atom. The van der Waals surface area contributed by atoms with Gasteiger partial charge in [-0.15, -0.1) is 0 Å². The molecule has 2 heterocycles. The lowest BCUT2D eigenvalue weighted by atomic mass is 10.2. The molecule has 1 aromatic heterocycles. The molecule has 1 aromatic rings. The van der Waals surface area contributed by atoms with Crippen LogP contribution in [0.4, 0.5) is 8.78 Å². The lowest BCUT2D eigenvalue weighted by Crippen LogP contribution is -2.42. The van der Waals surface area contributed by atoms with E-state index in [2.05, 4.69) is 15.2 Å². The smallest absolute Gasteiger partial charge is 0.265 e. The van der Waals surface area contributed by atoms with Crippen molar-refractivity contribution in [2.24, 2.45) is 0 Å². The van der Waals surface area contributed by atoms with Crippen molar-refractivity contribution < 1.29 is 8.78 Å². The number of piperazine rings is 1. The normalized spacial score (nSPS) is 17.9. The van der Waals surface area contributed by atoms with E-state index < -0.39 is 6.43 Å². The van der Waals surface area contributed by atoms with Gasteiger partial charge in [0.1, 0.15) is 0 Å². The van der Waals surface area contributed by atoms with E-state index in [0.29, 0.717) is 6.54 Å². The highest BCUT2D eigenvalue weighted by atomic mass is 19.3. The third-order valence-electron chi connectivity index (χ3n) is 2.68. The van der Waals surface area contributed by atoms with Crippen LogP contribution >= 0.6 is 0 Å². The molecule has 0 radical (unpaired) electrons. The summed E-state index contributed by atoms with van der Waals surface area (Å²) in [6.07, 6.45) is 0.454. The first kappa shape index (κ1) is 11.4. The number of nitrogens with zero attached hydrogens (tertiary/aromatic N) is 2. The van der Waals surface area contributed by atoms with Gasteiger partial charge in [-0.05, 0) is 11.6 Å². The van der Waals surface area contributed by atoms with Crippen LogP contribution in [-0.2, 0) is 6.54 Å². The van der Waals surface area contributed by atoms with Gasteiger partial charge in [0.05, 0.1) is 0 Å². The Labute approximate surface area is 93.5 Å². The van der Waals surface area contributed by atoms with Crippen molar-refractivity contribution in [1.82, 2.24) is 15.2 Å². The number of hydrogen-bond acceptors (Lipinski definition) is 3. The average molecular weight is 227 g/mol. The maximum absolute atomic E-state index is 12.5. The summed E-state index contributed by atoms with van der Waals surface area (Å²) in [5.41, 5.74) is 0.868. The molecule has 0 saturated carbocycles. The third-order valence-corrected chi connectivity index (χ3v) is 2.68. The van der Waals surface area contributed by atoms with Gasteiger partial charge in [0.25, 0.3) is 6.43 Å². The van der Waals surface area contributed by atoms with Gasteiger partial charge in [-0.2, -0.15) is 0 Å². The molecule has 0 unspecified atom stereocenters. The standard InChI is InChI=1S/C11H15F2N3/c12-11(13)10-5-9(6-15-7-10)8-16-3-1-14-2-4-16/h5-7,11,14H,1-4,8H2. The van der Waals surface area contributed by atoms with Gasteiger partial charge in [-0.1, -0.05) is 0 Å². The predicted octanol–water partition coefficient (Wildman–Crippen LogP) is 1.42. The number of hydrogen-bond donors (Lipinski definition) is 1. The van der Waals surface area contributed by atoms with Crippen molar-refractivity contribution in [3.63, 3.8) is 0 Å². The minimum atomic E-state index is -2.43. The maximum atomic E-state index is 12.5. The highest BCUT2D eigenvalue weighted by Crippen LogP contribution is 2.18. The number of pyridine rings is 1. The molecule has 1 aliphatic heterocycles. The first-order valence-corrected chi connectivity index (χ1v) is 5.41. The summed E-state index contributed by atoms with van der Waals surface area (Å²) in [6.45, 7) is 4.54. The van der Waals surface area contributed by atoms with E-state index in [1.54, 1.807) is 12.3 Å². The molecular weight excluding hydrogens is 212 g/mol. The molecule has 0 spiro atoms. The Kier molecular flexibility index (Phi) is 3.79. The molecule has 5 heteroatoms. The quantitative estimate of drug-likeness (QED) is 0.846. The molecule has 0 aliphatic carbocycles. The van der Waals surface area contributed by atoms with Crippen LogP contribution in [-0.4, -0.2) is 36.1 Å². The van der Waals surface area contributed by atoms with Crippen LogP contribution in [0.3, 0.4) is 0 Å². The molecule has 0 amide bonds. The van der Waals surface area contributed by atoms with E-state index in [4.69, 9.17) is 0 Å². The van der Waals surface area contributed by atoms with Gasteiger partial charge in [0, 0.05) is 50.7 Å². The summed E-state index contributed by atoms with van der Waals surface area (Å²) >= 11 is 0. The topological polar surface area (TPSA) is 28.2 Å². The van der Waals surface area contributed by atoms with Crippen molar-refractivity contribution in [3.8, 4) is 0 Å². The van der Waals surface area contributed by atoms with Crippen molar-refractivity contribution in [1.29, 1.82) is 0 Å². The van der Waals surface area contributed by atoms with Crippen LogP contribution in [0.1, 0.15) is 17.6 Å². The first-order chi connectivity index (χ1) is 7.75. The van der Waals surface area contributed by atoms with Gasteiger partial charge < -0.3 is 5.32 Å². The van der Waals surface area contributed by atoms with E-state index in [1.807, 2.05) is 0 Å². The van der Waals surface area contributed by atoms with Crippen LogP contribution in [0.15, 0.2) is 18.5 Å². The minimum Gasteiger partial charge on any atom is -0.314 e. The monoisotopic (exact) mass is 227 g/mol. The molecule has 1 aliphatic rings. The zero-order valence-corrected chi connectivity index (χ0v) is 9.00. The highest BCUT2D eigenvalue weighted by Gasteiger charge is 2.12. The molecule has 0 bridgehead atoms. The SMILES string of the molecule is FC(F)c1cncc(CN2CCNCC2)c1. The lowest BCUT2D eigenvalue weighted by molar-refractivity contribution is 0.150. The number of halogens is 2. The van der Waals surface area contributed by atoms with Gasteiger partial charge >= 0.3 is 0 Å². The molecule has 3 nitrogen and oxygen atoms in total. The Morgan fingerprint density at radius 1 is 1.31 bits per heavy atom. The largest absolute Gasteiger partial charge is 0.314 e. The average Bonchev–Trinajstić information content (AvgIpc) is 2.30. The van der Waals surface area contributed by atoms with E-state index in [0.717, 1.165) is 31.7 Å². The Balaban J connectivity index is 2.00. The zero-order valence-electron chi connectivity index (χ0n) is 9.00. The first-order valence-electron chi connectivity index (χ1n) is 5.41. The molecule has 88 valence electrons. The molecule has 16 heavy (non-hydrogen) atoms. The highest BCUT2D eigenvalue weighted by molar-refractivity contribution is 5.19. The predicted molar refractivity (Wildman–Crippen MR) is 57.3 cm³/mol. The zero-order chi connectivity index (χ0) is 11.4. The van der Waals surface area contributed by atoms with Gasteiger partial charge in [-0.3, -0.25) is 9.88 Å². The van der Waals surface area contributed by atoms with Gasteiger partial charge in [0.15, 0.2) is 0 Å². The van der Waals surface area contributed by atoms with Crippen molar-refractivity contribution in [3.05, 3.63) is 29.6 Å². The summed E-state index contributed by atoms with van der Waals surface area (Å²) < 4.78 is 24.9. The van der Waals surface area contributed by atoms with E-state index in [1.165, 1.54) is 6.20 Å². The van der Waals surface area contributed by atoms with E-state index >= 15 is 0 Å². The molecule has 2 rings (SSSR count). The molecule has 1 saturated heterocycles. The van der Waals surface area contributed by atoms with Crippen molar-refractivity contribution in [2.45, 2.75) is 13.0 Å². The minimum absolute atomic E-state index is 0.00707. The van der Waals surface area contributed by atoms with Crippen LogP contribution in [0.5, 0.6) is 0 Å². The second-order valence-corrected chi connectivity index (χ2v) is 3.95. The van der Waals surface area contributed by atoms with Crippen LogP contribution < -0.4 is 5.32 Å². The van der Waals surface area contributed by atoms with Crippen LogP contribution in [0.25, 0.3) is 0 Å². The van der Waals surface area contributed by atoms with Crippen LogP contribution in [0, 0.1) is 0 Å².